The number of thiophene rings is 1. The second-order valence-electron chi connectivity index (χ2n) is 6.01. The van der Waals surface area contributed by atoms with Gasteiger partial charge in [0.15, 0.2) is 0 Å². The Bertz CT molecular complexity index is 670. The third-order valence-electron chi connectivity index (χ3n) is 4.59. The Balaban J connectivity index is 1.36. The lowest BCUT2D eigenvalue weighted by Gasteiger charge is -2.37. The van der Waals surface area contributed by atoms with Gasteiger partial charge in [-0.3, -0.25) is 4.79 Å². The maximum Gasteiger partial charge on any atom is 0.248 e. The van der Waals surface area contributed by atoms with Gasteiger partial charge in [-0.15, -0.1) is 10.2 Å². The van der Waals surface area contributed by atoms with Crippen molar-refractivity contribution in [3.63, 3.8) is 0 Å². The third kappa shape index (κ3) is 3.03. The summed E-state index contributed by atoms with van der Waals surface area (Å²) in [5.41, 5.74) is 0.932. The molecule has 3 heterocycles. The highest BCUT2D eigenvalue weighted by molar-refractivity contribution is 7.08. The van der Waals surface area contributed by atoms with Crippen LogP contribution in [0.2, 0.25) is 0 Å². The standard InChI is InChI=1S/C16H19N3O3S/c20-15(19-7-8-21-13-3-1-2-12(13)19)5-4-14-17-18-16(22-14)11-6-9-23-10-11/h6,9-10,12-13H,1-5,7-8H2. The molecule has 2 unspecified atom stereocenters. The molecule has 1 saturated heterocycles. The Morgan fingerprint density at radius 1 is 1.39 bits per heavy atom. The van der Waals surface area contributed by atoms with Gasteiger partial charge in [-0.05, 0) is 30.7 Å². The molecule has 2 aliphatic rings. The lowest BCUT2D eigenvalue weighted by atomic mass is 10.1. The van der Waals surface area contributed by atoms with Crippen LogP contribution in [-0.2, 0) is 16.0 Å². The molecular weight excluding hydrogens is 314 g/mol. The van der Waals surface area contributed by atoms with Crippen molar-refractivity contribution in [1.82, 2.24) is 15.1 Å². The first kappa shape index (κ1) is 14.8. The zero-order valence-corrected chi connectivity index (χ0v) is 13.6. The molecule has 0 aromatic carbocycles. The van der Waals surface area contributed by atoms with E-state index in [9.17, 15) is 4.79 Å². The summed E-state index contributed by atoms with van der Waals surface area (Å²) in [5.74, 6) is 1.21. The summed E-state index contributed by atoms with van der Waals surface area (Å²) in [7, 11) is 0. The summed E-state index contributed by atoms with van der Waals surface area (Å²) in [6.07, 6.45) is 4.41. The molecule has 23 heavy (non-hydrogen) atoms. The zero-order valence-electron chi connectivity index (χ0n) is 12.8. The van der Waals surface area contributed by atoms with E-state index in [0.717, 1.165) is 24.8 Å². The molecule has 1 amide bonds. The summed E-state index contributed by atoms with van der Waals surface area (Å²) in [4.78, 5) is 14.5. The molecule has 0 bridgehead atoms. The van der Waals surface area contributed by atoms with Crippen molar-refractivity contribution in [3.8, 4) is 11.5 Å². The van der Waals surface area contributed by atoms with E-state index in [0.29, 0.717) is 37.8 Å². The fraction of sp³-hybridized carbons (Fsp3) is 0.562. The fourth-order valence-electron chi connectivity index (χ4n) is 3.45. The van der Waals surface area contributed by atoms with Crippen LogP contribution in [0, 0.1) is 0 Å². The first-order valence-corrected chi connectivity index (χ1v) is 9.01. The molecule has 2 atom stereocenters. The summed E-state index contributed by atoms with van der Waals surface area (Å²) < 4.78 is 11.4. The molecule has 1 saturated carbocycles. The maximum absolute atomic E-state index is 12.5. The maximum atomic E-state index is 12.5. The van der Waals surface area contributed by atoms with E-state index in [-0.39, 0.29) is 18.1 Å². The number of fused-ring (bicyclic) bond motifs is 1. The van der Waals surface area contributed by atoms with Crippen LogP contribution in [0.25, 0.3) is 11.5 Å². The Labute approximate surface area is 138 Å². The number of morpholine rings is 1. The van der Waals surface area contributed by atoms with Gasteiger partial charge in [0.1, 0.15) is 0 Å². The van der Waals surface area contributed by atoms with Crippen molar-refractivity contribution in [2.24, 2.45) is 0 Å². The highest BCUT2D eigenvalue weighted by atomic mass is 32.1. The van der Waals surface area contributed by atoms with E-state index in [1.807, 2.05) is 21.7 Å². The zero-order chi connectivity index (χ0) is 15.6. The van der Waals surface area contributed by atoms with Crippen LogP contribution in [0.4, 0.5) is 0 Å². The predicted octanol–water partition coefficient (Wildman–Crippen LogP) is 2.51. The van der Waals surface area contributed by atoms with E-state index in [4.69, 9.17) is 9.15 Å². The van der Waals surface area contributed by atoms with Crippen molar-refractivity contribution in [1.29, 1.82) is 0 Å². The number of nitrogens with zero attached hydrogens (tertiary/aromatic N) is 3. The van der Waals surface area contributed by atoms with Crippen LogP contribution in [0.1, 0.15) is 31.6 Å². The van der Waals surface area contributed by atoms with E-state index in [2.05, 4.69) is 10.2 Å². The highest BCUT2D eigenvalue weighted by Crippen LogP contribution is 2.30. The number of aromatic nitrogens is 2. The predicted molar refractivity (Wildman–Crippen MR) is 85.0 cm³/mol. The number of amides is 1. The van der Waals surface area contributed by atoms with Crippen LogP contribution in [0.5, 0.6) is 0 Å². The number of carbonyl (C=O) groups is 1. The first-order chi connectivity index (χ1) is 11.3. The Hall–Kier alpha value is -1.73. The Morgan fingerprint density at radius 2 is 2.35 bits per heavy atom. The summed E-state index contributed by atoms with van der Waals surface area (Å²) in [6, 6.07) is 2.21. The van der Waals surface area contributed by atoms with Crippen molar-refractivity contribution in [2.45, 2.75) is 44.2 Å². The van der Waals surface area contributed by atoms with Crippen LogP contribution in [0.3, 0.4) is 0 Å². The van der Waals surface area contributed by atoms with Crippen molar-refractivity contribution < 1.29 is 13.9 Å². The van der Waals surface area contributed by atoms with Gasteiger partial charge in [-0.25, -0.2) is 0 Å². The smallest absolute Gasteiger partial charge is 0.248 e. The van der Waals surface area contributed by atoms with Gasteiger partial charge in [-0.2, -0.15) is 11.3 Å². The minimum absolute atomic E-state index is 0.167. The second-order valence-corrected chi connectivity index (χ2v) is 6.79. The van der Waals surface area contributed by atoms with Crippen LogP contribution in [0.15, 0.2) is 21.2 Å². The molecule has 0 radical (unpaired) electrons. The average Bonchev–Trinajstić information content (AvgIpc) is 3.32. The number of carbonyl (C=O) groups excluding carboxylic acids is 1. The van der Waals surface area contributed by atoms with Gasteiger partial charge >= 0.3 is 0 Å². The Morgan fingerprint density at radius 3 is 3.22 bits per heavy atom. The van der Waals surface area contributed by atoms with Crippen LogP contribution >= 0.6 is 11.3 Å². The van der Waals surface area contributed by atoms with Gasteiger partial charge in [0.2, 0.25) is 17.7 Å². The summed E-state index contributed by atoms with van der Waals surface area (Å²) in [6.45, 7) is 1.35. The molecule has 4 rings (SSSR count). The second kappa shape index (κ2) is 6.41. The van der Waals surface area contributed by atoms with Gasteiger partial charge in [0.05, 0.1) is 18.8 Å². The molecule has 1 aliphatic carbocycles. The van der Waals surface area contributed by atoms with E-state index in [1.165, 1.54) is 0 Å². The van der Waals surface area contributed by atoms with Crippen LogP contribution in [-0.4, -0.2) is 46.3 Å². The fourth-order valence-corrected chi connectivity index (χ4v) is 4.08. The van der Waals surface area contributed by atoms with Gasteiger partial charge in [0.25, 0.3) is 0 Å². The van der Waals surface area contributed by atoms with Crippen LogP contribution < -0.4 is 0 Å². The molecule has 122 valence electrons. The molecule has 7 heteroatoms. The van der Waals surface area contributed by atoms with E-state index < -0.39 is 0 Å². The number of aryl methyl sites for hydroxylation is 1. The Kier molecular flexibility index (Phi) is 4.13. The number of rotatable bonds is 4. The molecule has 2 aromatic heterocycles. The van der Waals surface area contributed by atoms with E-state index >= 15 is 0 Å². The summed E-state index contributed by atoms with van der Waals surface area (Å²) in [5, 5.41) is 12.0. The topological polar surface area (TPSA) is 68.5 Å². The number of hydrogen-bond donors (Lipinski definition) is 0. The average molecular weight is 333 g/mol. The largest absolute Gasteiger partial charge is 0.421 e. The highest BCUT2D eigenvalue weighted by Gasteiger charge is 2.38. The number of ether oxygens (including phenoxy) is 1. The van der Waals surface area contributed by atoms with Gasteiger partial charge in [0, 0.05) is 30.3 Å². The molecule has 6 nitrogen and oxygen atoms in total. The van der Waals surface area contributed by atoms with Gasteiger partial charge in [-0.1, -0.05) is 0 Å². The molecule has 2 aromatic rings. The quantitative estimate of drug-likeness (QED) is 0.860. The minimum Gasteiger partial charge on any atom is -0.421 e. The minimum atomic E-state index is 0.167. The SMILES string of the molecule is O=C(CCc1nnc(-c2ccsc2)o1)N1CCOC2CCCC21. The van der Waals surface area contributed by atoms with Crippen molar-refractivity contribution in [3.05, 3.63) is 22.7 Å². The molecule has 1 aliphatic heterocycles. The normalized spacial score (nSPS) is 23.9. The summed E-state index contributed by atoms with van der Waals surface area (Å²) >= 11 is 1.59. The molecule has 0 N–H and O–H groups in total. The third-order valence-corrected chi connectivity index (χ3v) is 5.27. The van der Waals surface area contributed by atoms with Gasteiger partial charge < -0.3 is 14.1 Å². The van der Waals surface area contributed by atoms with Crippen molar-refractivity contribution in [2.75, 3.05) is 13.2 Å². The molecular formula is C16H19N3O3S. The number of hydrogen-bond acceptors (Lipinski definition) is 6. The van der Waals surface area contributed by atoms with E-state index in [1.54, 1.807) is 11.3 Å². The monoisotopic (exact) mass is 333 g/mol. The lowest BCUT2D eigenvalue weighted by Crippen LogP contribution is -2.51. The lowest BCUT2D eigenvalue weighted by molar-refractivity contribution is -0.144. The molecule has 0 spiro atoms. The van der Waals surface area contributed by atoms with Crippen molar-refractivity contribution >= 4 is 17.2 Å². The molecule has 2 fully saturated rings. The first-order valence-electron chi connectivity index (χ1n) is 8.07.